The van der Waals surface area contributed by atoms with Crippen LogP contribution in [0.25, 0.3) is 17.3 Å². The molecule has 4 aromatic rings. The number of nitro benzene ring substituents is 1. The van der Waals surface area contributed by atoms with E-state index in [9.17, 15) is 19.7 Å². The average molecular weight is 428 g/mol. The van der Waals surface area contributed by atoms with Gasteiger partial charge in [-0.3, -0.25) is 24.8 Å². The third-order valence-corrected chi connectivity index (χ3v) is 4.60. The molecule has 0 unspecified atom stereocenters. The molecular formula is C23H16N4O5. The summed E-state index contributed by atoms with van der Waals surface area (Å²) < 4.78 is 5.04. The lowest BCUT2D eigenvalue weighted by molar-refractivity contribution is -0.384. The van der Waals surface area contributed by atoms with Crippen LogP contribution in [0.4, 0.5) is 11.4 Å². The highest BCUT2D eigenvalue weighted by Gasteiger charge is 2.12. The molecule has 9 nitrogen and oxygen atoms in total. The van der Waals surface area contributed by atoms with Gasteiger partial charge in [0.05, 0.1) is 23.1 Å². The number of allylic oxidation sites excluding steroid dienone is 1. The number of non-ortho nitro benzene ring substituents is 1. The van der Waals surface area contributed by atoms with Gasteiger partial charge in [-0.25, -0.2) is 0 Å². The number of aromatic nitrogens is 2. The Morgan fingerprint density at radius 1 is 1.09 bits per heavy atom. The number of hydrogen-bond donors (Lipinski definition) is 2. The van der Waals surface area contributed by atoms with Crippen LogP contribution in [0.15, 0.2) is 83.6 Å². The highest BCUT2D eigenvalue weighted by Crippen LogP contribution is 2.26. The third kappa shape index (κ3) is 4.51. The molecule has 0 aliphatic heterocycles. The van der Waals surface area contributed by atoms with E-state index >= 15 is 0 Å². The Kier molecular flexibility index (Phi) is 5.71. The molecule has 0 spiro atoms. The van der Waals surface area contributed by atoms with Crippen molar-refractivity contribution >= 4 is 29.1 Å². The predicted octanol–water partition coefficient (Wildman–Crippen LogP) is 4.73. The standard InChI is InChI=1S/C23H16N4O5/c28-20(15-6-9-18(10-7-15)25-23(29)21-5-2-12-32-21)11-8-17-14-24-26-22(17)16-3-1-4-19(13-16)27(30)31/h1-14H,(H,24,26)(H,25,29)/b11-8+. The number of nitrogens with zero attached hydrogens (tertiary/aromatic N) is 2. The monoisotopic (exact) mass is 428 g/mol. The van der Waals surface area contributed by atoms with E-state index in [1.54, 1.807) is 54.6 Å². The first-order chi connectivity index (χ1) is 15.5. The lowest BCUT2D eigenvalue weighted by Gasteiger charge is -2.04. The first-order valence-corrected chi connectivity index (χ1v) is 9.47. The van der Waals surface area contributed by atoms with Gasteiger partial charge in [-0.1, -0.05) is 12.1 Å². The van der Waals surface area contributed by atoms with Crippen molar-refractivity contribution in [2.24, 2.45) is 0 Å². The molecule has 2 heterocycles. The van der Waals surface area contributed by atoms with Crippen LogP contribution in [0.1, 0.15) is 26.5 Å². The van der Waals surface area contributed by atoms with E-state index in [1.165, 1.54) is 30.7 Å². The summed E-state index contributed by atoms with van der Waals surface area (Å²) in [6, 6.07) is 15.7. The second-order valence-electron chi connectivity index (χ2n) is 6.71. The fraction of sp³-hybridized carbons (Fsp3) is 0. The lowest BCUT2D eigenvalue weighted by atomic mass is 10.1. The number of H-pyrrole nitrogens is 1. The second kappa shape index (κ2) is 8.92. The highest BCUT2D eigenvalue weighted by atomic mass is 16.6. The zero-order chi connectivity index (χ0) is 22.5. The SMILES string of the molecule is O=C(/C=C/c1cn[nH]c1-c1cccc([N+](=O)[O-])c1)c1ccc(NC(=O)c2ccco2)cc1. The van der Waals surface area contributed by atoms with Crippen LogP contribution in [0, 0.1) is 10.1 Å². The van der Waals surface area contributed by atoms with Gasteiger partial charge >= 0.3 is 0 Å². The van der Waals surface area contributed by atoms with Crippen molar-refractivity contribution in [1.29, 1.82) is 0 Å². The predicted molar refractivity (Wildman–Crippen MR) is 117 cm³/mol. The van der Waals surface area contributed by atoms with Gasteiger partial charge in [-0.2, -0.15) is 5.10 Å². The Bertz CT molecular complexity index is 1300. The lowest BCUT2D eigenvalue weighted by Crippen LogP contribution is -2.10. The molecule has 2 aromatic heterocycles. The highest BCUT2D eigenvalue weighted by molar-refractivity contribution is 6.07. The molecule has 0 fully saturated rings. The zero-order valence-corrected chi connectivity index (χ0v) is 16.5. The molecule has 0 saturated heterocycles. The number of rotatable bonds is 7. The Morgan fingerprint density at radius 3 is 2.62 bits per heavy atom. The molecule has 32 heavy (non-hydrogen) atoms. The van der Waals surface area contributed by atoms with Gasteiger partial charge < -0.3 is 9.73 Å². The largest absolute Gasteiger partial charge is 0.459 e. The molecule has 0 radical (unpaired) electrons. The number of anilines is 1. The van der Waals surface area contributed by atoms with Gasteiger partial charge in [-0.15, -0.1) is 0 Å². The van der Waals surface area contributed by atoms with Crippen molar-refractivity contribution in [3.05, 3.63) is 106 Å². The topological polar surface area (TPSA) is 131 Å². The quantitative estimate of drug-likeness (QED) is 0.189. The number of nitrogens with one attached hydrogen (secondary N) is 2. The van der Waals surface area contributed by atoms with Crippen LogP contribution in [-0.4, -0.2) is 26.8 Å². The number of benzene rings is 2. The summed E-state index contributed by atoms with van der Waals surface area (Å²) in [4.78, 5) is 35.1. The molecule has 4 rings (SSSR count). The van der Waals surface area contributed by atoms with E-state index in [4.69, 9.17) is 4.42 Å². The van der Waals surface area contributed by atoms with Crippen LogP contribution in [0.3, 0.4) is 0 Å². The van der Waals surface area contributed by atoms with Crippen molar-refractivity contribution in [3.8, 4) is 11.3 Å². The fourth-order valence-electron chi connectivity index (χ4n) is 3.01. The summed E-state index contributed by atoms with van der Waals surface area (Å²) in [6.45, 7) is 0. The minimum Gasteiger partial charge on any atom is -0.459 e. The molecule has 1 amide bonds. The summed E-state index contributed by atoms with van der Waals surface area (Å²) in [5, 5.41) is 20.5. The Labute approximate surface area is 181 Å². The van der Waals surface area contributed by atoms with E-state index in [0.717, 1.165) is 0 Å². The van der Waals surface area contributed by atoms with E-state index in [1.807, 2.05) is 0 Å². The molecule has 0 saturated carbocycles. The first kappa shape index (κ1) is 20.5. The number of amides is 1. The maximum Gasteiger partial charge on any atom is 0.291 e. The van der Waals surface area contributed by atoms with E-state index in [0.29, 0.717) is 28.1 Å². The molecule has 9 heteroatoms. The molecule has 2 N–H and O–H groups in total. The van der Waals surface area contributed by atoms with Crippen molar-refractivity contribution in [2.45, 2.75) is 0 Å². The van der Waals surface area contributed by atoms with Crippen molar-refractivity contribution in [2.75, 3.05) is 5.32 Å². The maximum absolute atomic E-state index is 12.5. The molecule has 158 valence electrons. The summed E-state index contributed by atoms with van der Waals surface area (Å²) in [5.74, 6) is -0.449. The Balaban J connectivity index is 1.46. The summed E-state index contributed by atoms with van der Waals surface area (Å²) >= 11 is 0. The van der Waals surface area contributed by atoms with Gasteiger partial charge in [0.1, 0.15) is 0 Å². The van der Waals surface area contributed by atoms with Crippen molar-refractivity contribution < 1.29 is 18.9 Å². The van der Waals surface area contributed by atoms with Gasteiger partial charge in [0, 0.05) is 34.5 Å². The number of carbonyl (C=O) groups excluding carboxylic acids is 2. The molecule has 0 bridgehead atoms. The normalized spacial score (nSPS) is 10.9. The van der Waals surface area contributed by atoms with Crippen LogP contribution in [0.5, 0.6) is 0 Å². The number of aromatic amines is 1. The first-order valence-electron chi connectivity index (χ1n) is 9.47. The van der Waals surface area contributed by atoms with Gasteiger partial charge in [0.2, 0.25) is 0 Å². The van der Waals surface area contributed by atoms with Crippen molar-refractivity contribution in [3.63, 3.8) is 0 Å². The molecule has 2 aromatic carbocycles. The Hall–Kier alpha value is -4.79. The van der Waals surface area contributed by atoms with Gasteiger partial charge in [0.15, 0.2) is 11.5 Å². The van der Waals surface area contributed by atoms with E-state index in [2.05, 4.69) is 15.5 Å². The number of ketones is 1. The molecule has 0 aliphatic rings. The van der Waals surface area contributed by atoms with Crippen molar-refractivity contribution in [1.82, 2.24) is 10.2 Å². The summed E-state index contributed by atoms with van der Waals surface area (Å²) in [7, 11) is 0. The van der Waals surface area contributed by atoms with E-state index < -0.39 is 4.92 Å². The maximum atomic E-state index is 12.5. The summed E-state index contributed by atoms with van der Waals surface area (Å²) in [6.07, 6.45) is 5.92. The fourth-order valence-corrected chi connectivity index (χ4v) is 3.01. The smallest absolute Gasteiger partial charge is 0.291 e. The van der Waals surface area contributed by atoms with Crippen LogP contribution < -0.4 is 5.32 Å². The molecule has 0 atom stereocenters. The third-order valence-electron chi connectivity index (χ3n) is 4.60. The number of nitro groups is 1. The van der Waals surface area contributed by atoms with Crippen LogP contribution in [-0.2, 0) is 0 Å². The average Bonchev–Trinajstić information content (AvgIpc) is 3.50. The number of hydrogen-bond acceptors (Lipinski definition) is 6. The van der Waals surface area contributed by atoms with Gasteiger partial charge in [0.25, 0.3) is 11.6 Å². The van der Waals surface area contributed by atoms with Gasteiger partial charge in [-0.05, 0) is 48.6 Å². The zero-order valence-electron chi connectivity index (χ0n) is 16.5. The second-order valence-corrected chi connectivity index (χ2v) is 6.71. The minimum atomic E-state index is -0.473. The molecular weight excluding hydrogens is 412 g/mol. The molecule has 0 aliphatic carbocycles. The van der Waals surface area contributed by atoms with Crippen LogP contribution >= 0.6 is 0 Å². The van der Waals surface area contributed by atoms with Crippen LogP contribution in [0.2, 0.25) is 0 Å². The number of furan rings is 1. The van der Waals surface area contributed by atoms with E-state index in [-0.39, 0.29) is 23.1 Å². The number of carbonyl (C=O) groups is 2. The minimum absolute atomic E-state index is 0.0395. The Morgan fingerprint density at radius 2 is 1.91 bits per heavy atom. The summed E-state index contributed by atoms with van der Waals surface area (Å²) in [5.41, 5.74) is 2.67.